The maximum absolute atomic E-state index is 12.4. The van der Waals surface area contributed by atoms with Gasteiger partial charge in [-0.15, -0.1) is 0 Å². The Morgan fingerprint density at radius 1 is 1.16 bits per heavy atom. The maximum Gasteiger partial charge on any atom is 0.241 e. The third-order valence-electron chi connectivity index (χ3n) is 4.01. The molecule has 0 radical (unpaired) electrons. The number of anilines is 1. The lowest BCUT2D eigenvalue weighted by atomic mass is 10.1. The molecule has 0 bridgehead atoms. The fourth-order valence-electron chi connectivity index (χ4n) is 2.42. The van der Waals surface area contributed by atoms with Crippen molar-refractivity contribution in [1.82, 2.24) is 4.90 Å². The molecule has 0 aliphatic heterocycles. The van der Waals surface area contributed by atoms with E-state index in [0.717, 1.165) is 5.56 Å². The molecular formula is C19H23ClN2O3. The van der Waals surface area contributed by atoms with E-state index in [1.54, 1.807) is 32.4 Å². The van der Waals surface area contributed by atoms with Gasteiger partial charge in [-0.1, -0.05) is 23.7 Å². The number of hydrogen-bond acceptors (Lipinski definition) is 4. The Hall–Kier alpha value is -2.24. The van der Waals surface area contributed by atoms with Gasteiger partial charge in [0, 0.05) is 17.3 Å². The molecule has 2 aromatic carbocycles. The molecule has 1 atom stereocenters. The van der Waals surface area contributed by atoms with Crippen LogP contribution in [-0.2, 0) is 11.3 Å². The van der Waals surface area contributed by atoms with Gasteiger partial charge >= 0.3 is 0 Å². The summed E-state index contributed by atoms with van der Waals surface area (Å²) in [4.78, 5) is 14.4. The van der Waals surface area contributed by atoms with Crippen molar-refractivity contribution in [3.8, 4) is 11.5 Å². The molecule has 1 N–H and O–H groups in total. The zero-order valence-corrected chi connectivity index (χ0v) is 15.6. The zero-order valence-electron chi connectivity index (χ0n) is 14.9. The van der Waals surface area contributed by atoms with E-state index in [0.29, 0.717) is 28.8 Å². The number of halogens is 1. The standard InChI is InChI=1S/C19H23ClN2O3/c1-13(19(23)21-16-7-5-6-15(20)11-16)22(2)12-14-8-9-17(24-3)18(10-14)25-4/h5-11,13H,12H2,1-4H3,(H,21,23)/t13-/m1/s1. The number of carbonyl (C=O) groups excluding carboxylic acids is 1. The fourth-order valence-corrected chi connectivity index (χ4v) is 2.61. The van der Waals surface area contributed by atoms with Crippen molar-refractivity contribution >= 4 is 23.2 Å². The number of amides is 1. The molecule has 0 aromatic heterocycles. The van der Waals surface area contributed by atoms with E-state index in [2.05, 4.69) is 5.32 Å². The Bertz CT molecular complexity index is 736. The monoisotopic (exact) mass is 362 g/mol. The van der Waals surface area contributed by atoms with Crippen molar-refractivity contribution < 1.29 is 14.3 Å². The third-order valence-corrected chi connectivity index (χ3v) is 4.25. The van der Waals surface area contributed by atoms with Gasteiger partial charge in [0.25, 0.3) is 0 Å². The normalized spacial score (nSPS) is 11.9. The van der Waals surface area contributed by atoms with Crippen LogP contribution in [0.1, 0.15) is 12.5 Å². The number of carbonyl (C=O) groups is 1. The summed E-state index contributed by atoms with van der Waals surface area (Å²) in [6, 6.07) is 12.5. The van der Waals surface area contributed by atoms with E-state index in [-0.39, 0.29) is 11.9 Å². The molecule has 1 amide bonds. The summed E-state index contributed by atoms with van der Waals surface area (Å²) < 4.78 is 10.6. The first-order valence-corrected chi connectivity index (χ1v) is 8.30. The van der Waals surface area contributed by atoms with Crippen LogP contribution in [-0.4, -0.2) is 38.1 Å². The van der Waals surface area contributed by atoms with Gasteiger partial charge < -0.3 is 14.8 Å². The van der Waals surface area contributed by atoms with Crippen LogP contribution < -0.4 is 14.8 Å². The molecule has 0 saturated heterocycles. The highest BCUT2D eigenvalue weighted by Gasteiger charge is 2.19. The van der Waals surface area contributed by atoms with Gasteiger partial charge in [-0.2, -0.15) is 0 Å². The quantitative estimate of drug-likeness (QED) is 0.813. The molecule has 0 aliphatic rings. The van der Waals surface area contributed by atoms with Gasteiger partial charge in [-0.25, -0.2) is 0 Å². The smallest absolute Gasteiger partial charge is 0.241 e. The molecule has 6 heteroatoms. The lowest BCUT2D eigenvalue weighted by Gasteiger charge is -2.24. The van der Waals surface area contributed by atoms with E-state index in [1.807, 2.05) is 43.1 Å². The van der Waals surface area contributed by atoms with Gasteiger partial charge in [0.15, 0.2) is 11.5 Å². The average Bonchev–Trinajstić information content (AvgIpc) is 2.60. The minimum absolute atomic E-state index is 0.0924. The number of benzene rings is 2. The molecule has 0 heterocycles. The molecule has 0 fully saturated rings. The summed E-state index contributed by atoms with van der Waals surface area (Å²) in [5.41, 5.74) is 1.71. The number of methoxy groups -OCH3 is 2. The zero-order chi connectivity index (χ0) is 18.4. The van der Waals surface area contributed by atoms with Crippen LogP contribution in [0.3, 0.4) is 0 Å². The lowest BCUT2D eigenvalue weighted by Crippen LogP contribution is -2.39. The minimum atomic E-state index is -0.313. The highest BCUT2D eigenvalue weighted by Crippen LogP contribution is 2.28. The first-order chi connectivity index (χ1) is 11.9. The molecule has 0 aliphatic carbocycles. The topological polar surface area (TPSA) is 50.8 Å². The second-order valence-corrected chi connectivity index (χ2v) is 6.22. The second-order valence-electron chi connectivity index (χ2n) is 5.78. The third kappa shape index (κ3) is 5.11. The molecule has 5 nitrogen and oxygen atoms in total. The van der Waals surface area contributed by atoms with E-state index in [9.17, 15) is 4.79 Å². The Balaban J connectivity index is 2.01. The van der Waals surface area contributed by atoms with E-state index >= 15 is 0 Å². The molecule has 134 valence electrons. The number of ether oxygens (including phenoxy) is 2. The van der Waals surface area contributed by atoms with Gasteiger partial charge in [0.05, 0.1) is 20.3 Å². The SMILES string of the molecule is COc1ccc(CN(C)[C@H](C)C(=O)Nc2cccc(Cl)c2)cc1OC. The molecule has 2 rings (SSSR count). The molecule has 2 aromatic rings. The van der Waals surface area contributed by atoms with Gasteiger partial charge in [-0.05, 0) is 49.9 Å². The number of hydrogen-bond donors (Lipinski definition) is 1. The summed E-state index contributed by atoms with van der Waals surface area (Å²) in [6.45, 7) is 2.46. The first-order valence-electron chi connectivity index (χ1n) is 7.92. The van der Waals surface area contributed by atoms with E-state index in [4.69, 9.17) is 21.1 Å². The number of nitrogens with one attached hydrogen (secondary N) is 1. The van der Waals surface area contributed by atoms with Crippen LogP contribution in [0.5, 0.6) is 11.5 Å². The predicted octanol–water partition coefficient (Wildman–Crippen LogP) is 3.82. The maximum atomic E-state index is 12.4. The highest BCUT2D eigenvalue weighted by atomic mass is 35.5. The Morgan fingerprint density at radius 3 is 2.52 bits per heavy atom. The van der Waals surface area contributed by atoms with Gasteiger partial charge in [0.2, 0.25) is 5.91 Å². The first kappa shape index (κ1) is 19.1. The highest BCUT2D eigenvalue weighted by molar-refractivity contribution is 6.30. The summed E-state index contributed by atoms with van der Waals surface area (Å²) in [6.07, 6.45) is 0. The predicted molar refractivity (Wildman–Crippen MR) is 101 cm³/mol. The largest absolute Gasteiger partial charge is 0.493 e. The Morgan fingerprint density at radius 2 is 1.88 bits per heavy atom. The van der Waals surface area contributed by atoms with Crippen molar-refractivity contribution in [2.75, 3.05) is 26.6 Å². The molecule has 0 saturated carbocycles. The minimum Gasteiger partial charge on any atom is -0.493 e. The van der Waals surface area contributed by atoms with Gasteiger partial charge in [-0.3, -0.25) is 9.69 Å². The molecule has 0 unspecified atom stereocenters. The summed E-state index contributed by atoms with van der Waals surface area (Å²) in [7, 11) is 5.11. The van der Waals surface area contributed by atoms with E-state index < -0.39 is 0 Å². The molecule has 25 heavy (non-hydrogen) atoms. The lowest BCUT2D eigenvalue weighted by molar-refractivity contribution is -0.120. The average molecular weight is 363 g/mol. The Kier molecular flexibility index (Phi) is 6.67. The van der Waals surface area contributed by atoms with Crippen molar-refractivity contribution in [2.24, 2.45) is 0 Å². The van der Waals surface area contributed by atoms with Crippen molar-refractivity contribution in [2.45, 2.75) is 19.5 Å². The second kappa shape index (κ2) is 8.74. The molecular weight excluding hydrogens is 340 g/mol. The van der Waals surface area contributed by atoms with Crippen molar-refractivity contribution in [3.63, 3.8) is 0 Å². The summed E-state index contributed by atoms with van der Waals surface area (Å²) in [5.74, 6) is 1.26. The van der Waals surface area contributed by atoms with Crippen LogP contribution in [0.2, 0.25) is 5.02 Å². The fraction of sp³-hybridized carbons (Fsp3) is 0.316. The van der Waals surface area contributed by atoms with Crippen LogP contribution in [0.25, 0.3) is 0 Å². The summed E-state index contributed by atoms with van der Waals surface area (Å²) in [5, 5.41) is 3.47. The van der Waals surface area contributed by atoms with Crippen LogP contribution in [0.4, 0.5) is 5.69 Å². The van der Waals surface area contributed by atoms with Crippen LogP contribution in [0.15, 0.2) is 42.5 Å². The van der Waals surface area contributed by atoms with Crippen molar-refractivity contribution in [3.05, 3.63) is 53.1 Å². The number of rotatable bonds is 7. The van der Waals surface area contributed by atoms with Crippen LogP contribution in [0, 0.1) is 0 Å². The summed E-state index contributed by atoms with van der Waals surface area (Å²) >= 11 is 5.95. The number of likely N-dealkylation sites (N-methyl/N-ethyl adjacent to an activating group) is 1. The number of nitrogens with zero attached hydrogens (tertiary/aromatic N) is 1. The Labute approximate surface area is 153 Å². The van der Waals surface area contributed by atoms with E-state index in [1.165, 1.54) is 0 Å². The van der Waals surface area contributed by atoms with Crippen LogP contribution >= 0.6 is 11.6 Å². The van der Waals surface area contributed by atoms with Gasteiger partial charge in [0.1, 0.15) is 0 Å². The molecule has 0 spiro atoms. The van der Waals surface area contributed by atoms with Crippen molar-refractivity contribution in [1.29, 1.82) is 0 Å².